The monoisotopic (exact) mass is 238 g/mol. The Hall–Kier alpha value is -1.56. The molecule has 1 aliphatic carbocycles. The lowest BCUT2D eigenvalue weighted by Crippen LogP contribution is -2.41. The van der Waals surface area contributed by atoms with Gasteiger partial charge in [-0.2, -0.15) is 0 Å². The van der Waals surface area contributed by atoms with Crippen molar-refractivity contribution >= 4 is 5.91 Å². The van der Waals surface area contributed by atoms with Crippen LogP contribution in [0.15, 0.2) is 6.07 Å². The van der Waals surface area contributed by atoms with Crippen molar-refractivity contribution < 1.29 is 9.90 Å². The maximum atomic E-state index is 11.9. The van der Waals surface area contributed by atoms with Crippen molar-refractivity contribution in [2.45, 2.75) is 37.8 Å². The first-order chi connectivity index (χ1) is 8.06. The molecule has 1 fully saturated rings. The SMILES string of the molecule is Cn1nc(O)cc1C(=O)N[C@H]1CC[C@H](N)CC1. The molecular weight excluding hydrogens is 220 g/mol. The second-order valence-electron chi connectivity index (χ2n) is 4.60. The molecule has 6 heteroatoms. The predicted molar refractivity (Wildman–Crippen MR) is 62.6 cm³/mol. The van der Waals surface area contributed by atoms with Gasteiger partial charge < -0.3 is 16.2 Å². The summed E-state index contributed by atoms with van der Waals surface area (Å²) >= 11 is 0. The number of carbonyl (C=O) groups is 1. The van der Waals surface area contributed by atoms with Gasteiger partial charge in [0.05, 0.1) is 0 Å². The normalized spacial score (nSPS) is 24.6. The molecule has 17 heavy (non-hydrogen) atoms. The molecule has 4 N–H and O–H groups in total. The van der Waals surface area contributed by atoms with Crippen molar-refractivity contribution in [1.29, 1.82) is 0 Å². The Balaban J connectivity index is 1.95. The van der Waals surface area contributed by atoms with Crippen LogP contribution in [0, 0.1) is 0 Å². The zero-order chi connectivity index (χ0) is 12.4. The van der Waals surface area contributed by atoms with E-state index in [0.717, 1.165) is 25.7 Å². The minimum Gasteiger partial charge on any atom is -0.492 e. The quantitative estimate of drug-likeness (QED) is 0.682. The lowest BCUT2D eigenvalue weighted by molar-refractivity contribution is 0.0916. The van der Waals surface area contributed by atoms with Gasteiger partial charge in [0.15, 0.2) is 0 Å². The third-order valence-corrected chi connectivity index (χ3v) is 3.21. The van der Waals surface area contributed by atoms with Crippen LogP contribution in [-0.2, 0) is 7.05 Å². The molecule has 0 aliphatic heterocycles. The van der Waals surface area contributed by atoms with Crippen LogP contribution in [0.25, 0.3) is 0 Å². The van der Waals surface area contributed by atoms with Gasteiger partial charge in [0.1, 0.15) is 5.69 Å². The van der Waals surface area contributed by atoms with Gasteiger partial charge in [0.25, 0.3) is 5.91 Å². The molecule has 1 heterocycles. The second-order valence-corrected chi connectivity index (χ2v) is 4.60. The summed E-state index contributed by atoms with van der Waals surface area (Å²) in [5.74, 6) is -0.330. The van der Waals surface area contributed by atoms with Gasteiger partial charge >= 0.3 is 0 Å². The van der Waals surface area contributed by atoms with Gasteiger partial charge in [-0.25, -0.2) is 0 Å². The van der Waals surface area contributed by atoms with Crippen LogP contribution in [0.5, 0.6) is 5.88 Å². The fourth-order valence-electron chi connectivity index (χ4n) is 2.19. The van der Waals surface area contributed by atoms with Crippen LogP contribution in [0.2, 0.25) is 0 Å². The van der Waals surface area contributed by atoms with Gasteiger partial charge in [-0.15, -0.1) is 5.10 Å². The Morgan fingerprint density at radius 2 is 2.18 bits per heavy atom. The van der Waals surface area contributed by atoms with Gasteiger partial charge in [0.2, 0.25) is 5.88 Å². The first kappa shape index (κ1) is 11.9. The first-order valence-corrected chi connectivity index (χ1v) is 5.85. The van der Waals surface area contributed by atoms with Gasteiger partial charge in [-0.3, -0.25) is 9.48 Å². The molecule has 2 rings (SSSR count). The average molecular weight is 238 g/mol. The molecule has 0 atom stereocenters. The van der Waals surface area contributed by atoms with Crippen molar-refractivity contribution in [3.8, 4) is 5.88 Å². The number of hydrogen-bond donors (Lipinski definition) is 3. The molecule has 1 aromatic rings. The molecule has 0 radical (unpaired) electrons. The van der Waals surface area contributed by atoms with Crippen LogP contribution in [0.1, 0.15) is 36.2 Å². The fourth-order valence-corrected chi connectivity index (χ4v) is 2.19. The van der Waals surface area contributed by atoms with E-state index >= 15 is 0 Å². The number of aromatic nitrogens is 2. The molecule has 1 amide bonds. The second kappa shape index (κ2) is 4.75. The zero-order valence-corrected chi connectivity index (χ0v) is 9.89. The predicted octanol–water partition coefficient (Wildman–Crippen LogP) is 0.125. The molecule has 94 valence electrons. The minimum atomic E-state index is -0.194. The number of hydrogen-bond acceptors (Lipinski definition) is 4. The standard InChI is InChI=1S/C11H18N4O2/c1-15-9(6-10(16)14-15)11(17)13-8-4-2-7(12)3-5-8/h6-8H,2-5,12H2,1H3,(H,13,17)(H,14,16)/t7-,8-. The van der Waals surface area contributed by atoms with Crippen molar-refractivity contribution in [2.24, 2.45) is 12.8 Å². The Labute approximate surface area is 99.8 Å². The summed E-state index contributed by atoms with van der Waals surface area (Å²) in [6, 6.07) is 1.81. The Morgan fingerprint density at radius 1 is 1.53 bits per heavy atom. The highest BCUT2D eigenvalue weighted by Crippen LogP contribution is 2.17. The van der Waals surface area contributed by atoms with E-state index in [1.807, 2.05) is 0 Å². The smallest absolute Gasteiger partial charge is 0.269 e. The summed E-state index contributed by atoms with van der Waals surface area (Å²) in [4.78, 5) is 11.9. The van der Waals surface area contributed by atoms with Gasteiger partial charge in [-0.1, -0.05) is 0 Å². The van der Waals surface area contributed by atoms with E-state index in [0.29, 0.717) is 5.69 Å². The van der Waals surface area contributed by atoms with E-state index in [1.165, 1.54) is 10.7 Å². The van der Waals surface area contributed by atoms with E-state index in [4.69, 9.17) is 5.73 Å². The summed E-state index contributed by atoms with van der Waals surface area (Å²) < 4.78 is 1.37. The topological polar surface area (TPSA) is 93.2 Å². The van der Waals surface area contributed by atoms with E-state index in [9.17, 15) is 9.90 Å². The number of nitrogens with one attached hydrogen (secondary N) is 1. The summed E-state index contributed by atoms with van der Waals surface area (Å²) in [7, 11) is 1.63. The average Bonchev–Trinajstić information content (AvgIpc) is 2.61. The third-order valence-electron chi connectivity index (χ3n) is 3.21. The van der Waals surface area contributed by atoms with Crippen molar-refractivity contribution in [2.75, 3.05) is 0 Å². The molecule has 0 spiro atoms. The molecular formula is C11H18N4O2. The number of nitrogens with zero attached hydrogens (tertiary/aromatic N) is 2. The lowest BCUT2D eigenvalue weighted by Gasteiger charge is -2.26. The van der Waals surface area contributed by atoms with E-state index in [-0.39, 0.29) is 23.9 Å². The van der Waals surface area contributed by atoms with E-state index in [2.05, 4.69) is 10.4 Å². The van der Waals surface area contributed by atoms with Crippen LogP contribution >= 0.6 is 0 Å². The highest BCUT2D eigenvalue weighted by Gasteiger charge is 2.22. The van der Waals surface area contributed by atoms with Crippen LogP contribution in [0.3, 0.4) is 0 Å². The number of aromatic hydroxyl groups is 1. The third kappa shape index (κ3) is 2.76. The van der Waals surface area contributed by atoms with Gasteiger partial charge in [0, 0.05) is 25.2 Å². The number of carbonyl (C=O) groups excluding carboxylic acids is 1. The van der Waals surface area contributed by atoms with Crippen LogP contribution < -0.4 is 11.1 Å². The molecule has 0 unspecified atom stereocenters. The summed E-state index contributed by atoms with van der Waals surface area (Å²) in [5, 5.41) is 15.9. The first-order valence-electron chi connectivity index (χ1n) is 5.85. The number of rotatable bonds is 2. The molecule has 6 nitrogen and oxygen atoms in total. The zero-order valence-electron chi connectivity index (χ0n) is 9.89. The Kier molecular flexibility index (Phi) is 3.33. The molecule has 1 aliphatic rings. The number of nitrogens with two attached hydrogens (primary N) is 1. The molecule has 0 bridgehead atoms. The van der Waals surface area contributed by atoms with Crippen LogP contribution in [0.4, 0.5) is 0 Å². The molecule has 0 saturated heterocycles. The van der Waals surface area contributed by atoms with Crippen molar-refractivity contribution in [3.63, 3.8) is 0 Å². The number of aryl methyl sites for hydroxylation is 1. The fraction of sp³-hybridized carbons (Fsp3) is 0.636. The highest BCUT2D eigenvalue weighted by atomic mass is 16.3. The highest BCUT2D eigenvalue weighted by molar-refractivity contribution is 5.93. The van der Waals surface area contributed by atoms with Crippen molar-refractivity contribution in [3.05, 3.63) is 11.8 Å². The minimum absolute atomic E-state index is 0.136. The molecule has 1 aromatic heterocycles. The summed E-state index contributed by atoms with van der Waals surface area (Å²) in [6.07, 6.45) is 3.72. The summed E-state index contributed by atoms with van der Waals surface area (Å²) in [5.41, 5.74) is 6.18. The van der Waals surface area contributed by atoms with E-state index < -0.39 is 0 Å². The summed E-state index contributed by atoms with van der Waals surface area (Å²) in [6.45, 7) is 0. The maximum absolute atomic E-state index is 11.9. The number of amides is 1. The Bertz CT molecular complexity index is 408. The van der Waals surface area contributed by atoms with Crippen molar-refractivity contribution in [1.82, 2.24) is 15.1 Å². The van der Waals surface area contributed by atoms with Crippen LogP contribution in [-0.4, -0.2) is 32.9 Å². The molecule has 0 aromatic carbocycles. The Morgan fingerprint density at radius 3 is 2.71 bits per heavy atom. The maximum Gasteiger partial charge on any atom is 0.269 e. The molecule has 1 saturated carbocycles. The van der Waals surface area contributed by atoms with E-state index in [1.54, 1.807) is 7.05 Å². The lowest BCUT2D eigenvalue weighted by atomic mass is 9.92. The van der Waals surface area contributed by atoms with Gasteiger partial charge in [-0.05, 0) is 25.7 Å². The largest absolute Gasteiger partial charge is 0.492 e.